The fraction of sp³-hybridized carbons (Fsp3) is 0.529. The Morgan fingerprint density at radius 1 is 1.24 bits per heavy atom. The molecular weight excluding hydrogens is 344 g/mol. The molecule has 0 aromatic heterocycles. The number of rotatable bonds is 5. The third-order valence-corrected chi connectivity index (χ3v) is 4.36. The number of nitrogens with one attached hydrogen (secondary N) is 4. The van der Waals surface area contributed by atoms with E-state index in [0.29, 0.717) is 19.0 Å². The van der Waals surface area contributed by atoms with Gasteiger partial charge in [-0.15, -0.1) is 12.4 Å². The smallest absolute Gasteiger partial charge is 0.319 e. The molecule has 1 aromatic carbocycles. The topological polar surface area (TPSA) is 102 Å². The standard InChI is InChI=1S/C17H24N4O3.ClH/c1-10(19-16(23)15-8-14(22)9-18-15)11-2-4-12(5-3-11)20-17(24)21-13-6-7-13;/h2-5,10,13-15,18,22H,6-9H2,1H3,(H,19,23)(H2,20,21,24);1H. The average molecular weight is 369 g/mol. The second kappa shape index (κ2) is 8.51. The molecule has 3 atom stereocenters. The molecule has 3 amide bonds. The minimum Gasteiger partial charge on any atom is -0.392 e. The Hall–Kier alpha value is -1.83. The van der Waals surface area contributed by atoms with Crippen LogP contribution in [0.5, 0.6) is 0 Å². The van der Waals surface area contributed by atoms with Crippen LogP contribution in [-0.4, -0.2) is 41.8 Å². The lowest BCUT2D eigenvalue weighted by Crippen LogP contribution is -2.41. The van der Waals surface area contributed by atoms with E-state index < -0.39 is 6.10 Å². The summed E-state index contributed by atoms with van der Waals surface area (Å²) in [6.07, 6.45) is 2.09. The summed E-state index contributed by atoms with van der Waals surface area (Å²) < 4.78 is 0. The maximum atomic E-state index is 12.1. The molecule has 8 heteroatoms. The van der Waals surface area contributed by atoms with Gasteiger partial charge < -0.3 is 26.4 Å². The summed E-state index contributed by atoms with van der Waals surface area (Å²) >= 11 is 0. The van der Waals surface area contributed by atoms with Crippen LogP contribution in [0.3, 0.4) is 0 Å². The van der Waals surface area contributed by atoms with Crippen LogP contribution < -0.4 is 21.3 Å². The van der Waals surface area contributed by atoms with Gasteiger partial charge in [0.25, 0.3) is 0 Å². The van der Waals surface area contributed by atoms with Crippen molar-refractivity contribution in [2.45, 2.75) is 50.4 Å². The van der Waals surface area contributed by atoms with E-state index in [9.17, 15) is 14.7 Å². The van der Waals surface area contributed by atoms with Crippen LogP contribution in [0.4, 0.5) is 10.5 Å². The largest absolute Gasteiger partial charge is 0.392 e. The van der Waals surface area contributed by atoms with Crippen molar-refractivity contribution in [2.75, 3.05) is 11.9 Å². The van der Waals surface area contributed by atoms with Crippen LogP contribution in [0.1, 0.15) is 37.8 Å². The summed E-state index contributed by atoms with van der Waals surface area (Å²) in [7, 11) is 0. The van der Waals surface area contributed by atoms with Gasteiger partial charge in [-0.3, -0.25) is 4.79 Å². The molecule has 3 unspecified atom stereocenters. The van der Waals surface area contributed by atoms with Crippen molar-refractivity contribution in [3.8, 4) is 0 Å². The fourth-order valence-corrected chi connectivity index (χ4v) is 2.75. The van der Waals surface area contributed by atoms with Crippen LogP contribution in [0, 0.1) is 0 Å². The maximum absolute atomic E-state index is 12.1. The molecule has 0 radical (unpaired) electrons. The Kier molecular flexibility index (Phi) is 6.64. The molecule has 138 valence electrons. The number of amides is 3. The van der Waals surface area contributed by atoms with E-state index in [1.54, 1.807) is 0 Å². The van der Waals surface area contributed by atoms with Crippen LogP contribution in [0.15, 0.2) is 24.3 Å². The van der Waals surface area contributed by atoms with Crippen molar-refractivity contribution in [3.05, 3.63) is 29.8 Å². The van der Waals surface area contributed by atoms with Crippen LogP contribution >= 0.6 is 12.4 Å². The van der Waals surface area contributed by atoms with Crippen molar-refractivity contribution in [1.29, 1.82) is 0 Å². The van der Waals surface area contributed by atoms with Crippen LogP contribution in [0.2, 0.25) is 0 Å². The fourth-order valence-electron chi connectivity index (χ4n) is 2.75. The summed E-state index contributed by atoms with van der Waals surface area (Å²) in [5, 5.41) is 21.1. The van der Waals surface area contributed by atoms with Crippen molar-refractivity contribution in [2.24, 2.45) is 0 Å². The van der Waals surface area contributed by atoms with E-state index in [1.807, 2.05) is 31.2 Å². The number of carbonyl (C=O) groups excluding carboxylic acids is 2. The van der Waals surface area contributed by atoms with Crippen LogP contribution in [0.25, 0.3) is 0 Å². The molecule has 2 fully saturated rings. The summed E-state index contributed by atoms with van der Waals surface area (Å²) in [6.45, 7) is 2.36. The number of halogens is 1. The van der Waals surface area contributed by atoms with Gasteiger partial charge in [0.2, 0.25) is 5.91 Å². The highest BCUT2D eigenvalue weighted by Gasteiger charge is 2.28. The van der Waals surface area contributed by atoms with Gasteiger partial charge in [-0.25, -0.2) is 4.79 Å². The number of aliphatic hydroxyl groups is 1. The lowest BCUT2D eigenvalue weighted by Gasteiger charge is -2.18. The molecular formula is C17H25ClN4O3. The molecule has 3 rings (SSSR count). The average Bonchev–Trinajstić information content (AvgIpc) is 3.25. The molecule has 0 bridgehead atoms. The first-order chi connectivity index (χ1) is 11.5. The molecule has 2 aliphatic rings. The molecule has 1 saturated heterocycles. The Morgan fingerprint density at radius 2 is 1.92 bits per heavy atom. The van der Waals surface area contributed by atoms with E-state index in [1.165, 1.54) is 0 Å². The van der Waals surface area contributed by atoms with Gasteiger partial charge in [-0.05, 0) is 43.9 Å². The Bertz CT molecular complexity index is 606. The van der Waals surface area contributed by atoms with Gasteiger partial charge in [0.05, 0.1) is 18.2 Å². The minimum absolute atomic E-state index is 0. The second-order valence-corrected chi connectivity index (χ2v) is 6.58. The lowest BCUT2D eigenvalue weighted by atomic mass is 10.1. The lowest BCUT2D eigenvalue weighted by molar-refractivity contribution is -0.123. The molecule has 25 heavy (non-hydrogen) atoms. The number of β-amino-alcohol motifs (C(OH)–C–C–N with tert-alkyl or cyclic N) is 1. The van der Waals surface area contributed by atoms with E-state index in [2.05, 4.69) is 21.3 Å². The summed E-state index contributed by atoms with van der Waals surface area (Å²) in [5.41, 5.74) is 1.67. The highest BCUT2D eigenvalue weighted by atomic mass is 35.5. The van der Waals surface area contributed by atoms with E-state index in [-0.39, 0.29) is 36.4 Å². The molecule has 5 N–H and O–H groups in total. The number of anilines is 1. The normalized spacial score (nSPS) is 23.3. The zero-order valence-electron chi connectivity index (χ0n) is 14.1. The van der Waals surface area contributed by atoms with Gasteiger partial charge >= 0.3 is 6.03 Å². The molecule has 1 aliphatic heterocycles. The Labute approximate surface area is 153 Å². The van der Waals surface area contributed by atoms with Crippen molar-refractivity contribution >= 4 is 30.0 Å². The number of hydrogen-bond acceptors (Lipinski definition) is 4. The Morgan fingerprint density at radius 3 is 2.48 bits per heavy atom. The number of carbonyl (C=O) groups is 2. The quantitative estimate of drug-likeness (QED) is 0.540. The van der Waals surface area contributed by atoms with Gasteiger partial charge in [0.1, 0.15) is 0 Å². The molecule has 1 aliphatic carbocycles. The zero-order chi connectivity index (χ0) is 17.1. The van der Waals surface area contributed by atoms with Gasteiger partial charge in [-0.1, -0.05) is 12.1 Å². The summed E-state index contributed by atoms with van der Waals surface area (Å²) in [6, 6.07) is 7.06. The van der Waals surface area contributed by atoms with Gasteiger partial charge in [-0.2, -0.15) is 0 Å². The Balaban J connectivity index is 0.00000225. The monoisotopic (exact) mass is 368 g/mol. The summed E-state index contributed by atoms with van der Waals surface area (Å²) in [5.74, 6) is -0.106. The highest BCUT2D eigenvalue weighted by molar-refractivity contribution is 5.89. The van der Waals surface area contributed by atoms with Gasteiger partial charge in [0, 0.05) is 18.3 Å². The minimum atomic E-state index is -0.455. The zero-order valence-corrected chi connectivity index (χ0v) is 14.9. The van der Waals surface area contributed by atoms with Crippen molar-refractivity contribution < 1.29 is 14.7 Å². The van der Waals surface area contributed by atoms with Crippen molar-refractivity contribution in [3.63, 3.8) is 0 Å². The molecule has 1 saturated carbocycles. The molecule has 1 aromatic rings. The summed E-state index contributed by atoms with van der Waals surface area (Å²) in [4.78, 5) is 23.8. The SMILES string of the molecule is CC(NC(=O)C1CC(O)CN1)c1ccc(NC(=O)NC2CC2)cc1.Cl. The number of aliphatic hydroxyl groups excluding tert-OH is 1. The second-order valence-electron chi connectivity index (χ2n) is 6.58. The van der Waals surface area contributed by atoms with E-state index >= 15 is 0 Å². The first-order valence-corrected chi connectivity index (χ1v) is 8.40. The van der Waals surface area contributed by atoms with E-state index in [4.69, 9.17) is 0 Å². The predicted octanol–water partition coefficient (Wildman–Crippen LogP) is 1.29. The van der Waals surface area contributed by atoms with Gasteiger partial charge in [0.15, 0.2) is 0 Å². The third-order valence-electron chi connectivity index (χ3n) is 4.36. The van der Waals surface area contributed by atoms with E-state index in [0.717, 1.165) is 24.1 Å². The number of hydrogen-bond donors (Lipinski definition) is 5. The molecule has 1 heterocycles. The highest BCUT2D eigenvalue weighted by Crippen LogP contribution is 2.20. The number of benzene rings is 1. The third kappa shape index (κ3) is 5.59. The van der Waals surface area contributed by atoms with Crippen molar-refractivity contribution in [1.82, 2.24) is 16.0 Å². The van der Waals surface area contributed by atoms with Crippen LogP contribution in [-0.2, 0) is 4.79 Å². The molecule has 0 spiro atoms. The molecule has 7 nitrogen and oxygen atoms in total. The predicted molar refractivity (Wildman–Crippen MR) is 97.8 cm³/mol. The number of urea groups is 1. The first kappa shape index (κ1) is 19.5. The maximum Gasteiger partial charge on any atom is 0.319 e. The first-order valence-electron chi connectivity index (χ1n) is 8.40.